The van der Waals surface area contributed by atoms with Gasteiger partial charge in [-0.3, -0.25) is 0 Å². The molecular formula is C12H9ClO. The molecule has 0 N–H and O–H groups in total. The van der Waals surface area contributed by atoms with Crippen LogP contribution >= 0.6 is 11.6 Å². The van der Waals surface area contributed by atoms with Crippen LogP contribution < -0.4 is 0 Å². The predicted octanol–water partition coefficient (Wildman–Crippen LogP) is 4.24. The first kappa shape index (κ1) is 9.10. The standard InChI is InChI=1S/C12H9ClO/c1-2-11-7-8-12(14-11)9-3-5-10(13)6-4-9/h2-8H,1H2. The van der Waals surface area contributed by atoms with Gasteiger partial charge in [-0.15, -0.1) is 0 Å². The Morgan fingerprint density at radius 3 is 2.36 bits per heavy atom. The fraction of sp³-hybridized carbons (Fsp3) is 0. The molecule has 0 amide bonds. The molecule has 0 saturated carbocycles. The van der Waals surface area contributed by atoms with Gasteiger partial charge in [0.05, 0.1) is 0 Å². The summed E-state index contributed by atoms with van der Waals surface area (Å²) >= 11 is 5.78. The van der Waals surface area contributed by atoms with Gasteiger partial charge in [-0.2, -0.15) is 0 Å². The van der Waals surface area contributed by atoms with Gasteiger partial charge in [0.2, 0.25) is 0 Å². The van der Waals surface area contributed by atoms with Crippen LogP contribution in [0.5, 0.6) is 0 Å². The van der Waals surface area contributed by atoms with Gasteiger partial charge in [0.1, 0.15) is 11.5 Å². The second-order valence-corrected chi connectivity index (χ2v) is 3.35. The van der Waals surface area contributed by atoms with E-state index < -0.39 is 0 Å². The lowest BCUT2D eigenvalue weighted by molar-refractivity contribution is 0.572. The van der Waals surface area contributed by atoms with Gasteiger partial charge in [0.15, 0.2) is 0 Å². The average Bonchev–Trinajstić information content (AvgIpc) is 2.67. The number of benzene rings is 1. The zero-order valence-electron chi connectivity index (χ0n) is 7.53. The van der Waals surface area contributed by atoms with E-state index in [-0.39, 0.29) is 0 Å². The highest BCUT2D eigenvalue weighted by atomic mass is 35.5. The molecule has 1 heterocycles. The van der Waals surface area contributed by atoms with Crippen molar-refractivity contribution >= 4 is 17.7 Å². The number of halogens is 1. The SMILES string of the molecule is C=Cc1ccc(-c2ccc(Cl)cc2)o1. The van der Waals surface area contributed by atoms with Crippen LogP contribution in [-0.2, 0) is 0 Å². The smallest absolute Gasteiger partial charge is 0.134 e. The first-order valence-corrected chi connectivity index (χ1v) is 4.65. The molecule has 1 aromatic heterocycles. The zero-order chi connectivity index (χ0) is 9.97. The van der Waals surface area contributed by atoms with E-state index in [1.165, 1.54) is 0 Å². The van der Waals surface area contributed by atoms with Crippen LogP contribution in [0.25, 0.3) is 17.4 Å². The van der Waals surface area contributed by atoms with E-state index in [9.17, 15) is 0 Å². The van der Waals surface area contributed by atoms with Crippen LogP contribution in [0.15, 0.2) is 47.4 Å². The van der Waals surface area contributed by atoms with E-state index in [0.29, 0.717) is 0 Å². The average molecular weight is 205 g/mol. The van der Waals surface area contributed by atoms with Crippen molar-refractivity contribution in [1.82, 2.24) is 0 Å². The minimum absolute atomic E-state index is 0.726. The van der Waals surface area contributed by atoms with E-state index in [0.717, 1.165) is 22.1 Å². The lowest BCUT2D eigenvalue weighted by Gasteiger charge is -1.96. The van der Waals surface area contributed by atoms with Gasteiger partial charge in [0, 0.05) is 10.6 Å². The van der Waals surface area contributed by atoms with Crippen molar-refractivity contribution in [3.8, 4) is 11.3 Å². The Morgan fingerprint density at radius 2 is 1.79 bits per heavy atom. The van der Waals surface area contributed by atoms with Crippen molar-refractivity contribution in [1.29, 1.82) is 0 Å². The van der Waals surface area contributed by atoms with Crippen LogP contribution in [0.3, 0.4) is 0 Å². The minimum Gasteiger partial charge on any atom is -0.457 e. The Morgan fingerprint density at radius 1 is 1.07 bits per heavy atom. The second kappa shape index (κ2) is 3.72. The van der Waals surface area contributed by atoms with Crippen molar-refractivity contribution < 1.29 is 4.42 Å². The third-order valence-corrected chi connectivity index (χ3v) is 2.21. The molecule has 0 fully saturated rings. The Balaban J connectivity index is 2.39. The summed E-state index contributed by atoms with van der Waals surface area (Å²) in [6.07, 6.45) is 1.68. The van der Waals surface area contributed by atoms with Crippen molar-refractivity contribution in [3.63, 3.8) is 0 Å². The number of hydrogen-bond donors (Lipinski definition) is 0. The second-order valence-electron chi connectivity index (χ2n) is 2.91. The van der Waals surface area contributed by atoms with Gasteiger partial charge < -0.3 is 4.42 Å². The summed E-state index contributed by atoms with van der Waals surface area (Å²) in [7, 11) is 0. The van der Waals surface area contributed by atoms with Crippen LogP contribution in [-0.4, -0.2) is 0 Å². The molecule has 0 aliphatic carbocycles. The molecule has 2 heteroatoms. The van der Waals surface area contributed by atoms with E-state index in [1.807, 2.05) is 36.4 Å². The van der Waals surface area contributed by atoms with Crippen LogP contribution in [0.1, 0.15) is 5.76 Å². The maximum Gasteiger partial charge on any atom is 0.134 e. The lowest BCUT2D eigenvalue weighted by atomic mass is 10.2. The topological polar surface area (TPSA) is 13.1 Å². The summed E-state index contributed by atoms with van der Waals surface area (Å²) in [5, 5.41) is 0.726. The minimum atomic E-state index is 0.726. The van der Waals surface area contributed by atoms with E-state index >= 15 is 0 Å². The largest absolute Gasteiger partial charge is 0.457 e. The van der Waals surface area contributed by atoms with E-state index in [1.54, 1.807) is 6.08 Å². The summed E-state index contributed by atoms with van der Waals surface area (Å²) in [5.74, 6) is 1.60. The van der Waals surface area contributed by atoms with Crippen LogP contribution in [0.2, 0.25) is 5.02 Å². The molecular weight excluding hydrogens is 196 g/mol. The van der Waals surface area contributed by atoms with Crippen LogP contribution in [0, 0.1) is 0 Å². The van der Waals surface area contributed by atoms with Crippen molar-refractivity contribution in [2.24, 2.45) is 0 Å². The molecule has 70 valence electrons. The summed E-state index contributed by atoms with van der Waals surface area (Å²) in [4.78, 5) is 0. The molecule has 2 aromatic rings. The molecule has 0 atom stereocenters. The van der Waals surface area contributed by atoms with Crippen LogP contribution in [0.4, 0.5) is 0 Å². The number of rotatable bonds is 2. The monoisotopic (exact) mass is 204 g/mol. The van der Waals surface area contributed by atoms with Gasteiger partial charge in [0.25, 0.3) is 0 Å². The molecule has 2 rings (SSSR count). The summed E-state index contributed by atoms with van der Waals surface area (Å²) in [5.41, 5.74) is 1.02. The molecule has 0 unspecified atom stereocenters. The maximum absolute atomic E-state index is 5.78. The lowest BCUT2D eigenvalue weighted by Crippen LogP contribution is -1.71. The Labute approximate surface area is 87.6 Å². The molecule has 0 aliphatic rings. The first-order chi connectivity index (χ1) is 6.79. The van der Waals surface area contributed by atoms with Gasteiger partial charge >= 0.3 is 0 Å². The van der Waals surface area contributed by atoms with Gasteiger partial charge in [-0.05, 0) is 42.5 Å². The predicted molar refractivity (Wildman–Crippen MR) is 59.2 cm³/mol. The number of hydrogen-bond acceptors (Lipinski definition) is 1. The number of furan rings is 1. The molecule has 0 bridgehead atoms. The van der Waals surface area contributed by atoms with Crippen molar-refractivity contribution in [2.45, 2.75) is 0 Å². The molecule has 1 aromatic carbocycles. The fourth-order valence-corrected chi connectivity index (χ4v) is 1.36. The van der Waals surface area contributed by atoms with Crippen molar-refractivity contribution in [3.05, 3.63) is 53.8 Å². The highest BCUT2D eigenvalue weighted by Gasteiger charge is 2.01. The summed E-state index contributed by atoms with van der Waals surface area (Å²) in [6, 6.07) is 11.3. The molecule has 14 heavy (non-hydrogen) atoms. The molecule has 0 saturated heterocycles. The summed E-state index contributed by atoms with van der Waals surface area (Å²) < 4.78 is 5.50. The molecule has 0 spiro atoms. The Bertz CT molecular complexity index is 440. The summed E-state index contributed by atoms with van der Waals surface area (Å²) in [6.45, 7) is 3.64. The van der Waals surface area contributed by atoms with E-state index in [4.69, 9.17) is 16.0 Å². The Hall–Kier alpha value is -1.47. The normalized spacial score (nSPS) is 10.1. The maximum atomic E-state index is 5.78. The van der Waals surface area contributed by atoms with Crippen molar-refractivity contribution in [2.75, 3.05) is 0 Å². The quantitative estimate of drug-likeness (QED) is 0.713. The third kappa shape index (κ3) is 1.73. The third-order valence-electron chi connectivity index (χ3n) is 1.96. The molecule has 1 nitrogen and oxygen atoms in total. The molecule has 0 aliphatic heterocycles. The molecule has 0 radical (unpaired) electrons. The van der Waals surface area contributed by atoms with Gasteiger partial charge in [-0.25, -0.2) is 0 Å². The highest BCUT2D eigenvalue weighted by Crippen LogP contribution is 2.23. The highest BCUT2D eigenvalue weighted by molar-refractivity contribution is 6.30. The fourth-order valence-electron chi connectivity index (χ4n) is 1.23. The zero-order valence-corrected chi connectivity index (χ0v) is 8.29. The first-order valence-electron chi connectivity index (χ1n) is 4.28. The van der Waals surface area contributed by atoms with Gasteiger partial charge in [-0.1, -0.05) is 18.2 Å². The Kier molecular flexibility index (Phi) is 2.42. The van der Waals surface area contributed by atoms with E-state index in [2.05, 4.69) is 6.58 Å².